The molecule has 2 heterocycles. The van der Waals surface area contributed by atoms with Gasteiger partial charge in [0.25, 0.3) is 5.91 Å². The topological polar surface area (TPSA) is 64.9 Å². The molecule has 0 radical (unpaired) electrons. The minimum Gasteiger partial charge on any atom is -0.494 e. The molecule has 172 valence electrons. The van der Waals surface area contributed by atoms with E-state index < -0.39 is 0 Å². The van der Waals surface area contributed by atoms with Crippen LogP contribution in [0, 0.1) is 0 Å². The van der Waals surface area contributed by atoms with Crippen LogP contribution < -0.4 is 14.8 Å². The van der Waals surface area contributed by atoms with Gasteiger partial charge in [-0.2, -0.15) is 0 Å². The number of fused-ring (bicyclic) bond motifs is 3. The SMILES string of the molecule is CCOc1ccc(-c2cn3c(n2)sc2cc(C(=O)NCc4ccccc4OCC)ccc23)cc1. The van der Waals surface area contributed by atoms with Crippen molar-refractivity contribution in [2.24, 2.45) is 0 Å². The average Bonchev–Trinajstić information content (AvgIpc) is 3.42. The first kappa shape index (κ1) is 22.0. The molecule has 0 saturated heterocycles. The number of carbonyl (C=O) groups is 1. The van der Waals surface area contributed by atoms with Crippen LogP contribution in [0.3, 0.4) is 0 Å². The summed E-state index contributed by atoms with van der Waals surface area (Å²) >= 11 is 1.57. The number of para-hydroxylation sites is 1. The van der Waals surface area contributed by atoms with Crippen LogP contribution in [0.25, 0.3) is 26.4 Å². The molecular formula is C27H25N3O3S. The highest BCUT2D eigenvalue weighted by atomic mass is 32.1. The van der Waals surface area contributed by atoms with Crippen LogP contribution in [0.4, 0.5) is 0 Å². The molecular weight excluding hydrogens is 446 g/mol. The summed E-state index contributed by atoms with van der Waals surface area (Å²) in [7, 11) is 0. The van der Waals surface area contributed by atoms with Gasteiger partial charge < -0.3 is 14.8 Å². The lowest BCUT2D eigenvalue weighted by Gasteiger charge is -2.11. The van der Waals surface area contributed by atoms with Gasteiger partial charge in [-0.3, -0.25) is 9.20 Å². The summed E-state index contributed by atoms with van der Waals surface area (Å²) in [4.78, 5) is 18.5. The highest BCUT2D eigenvalue weighted by Gasteiger charge is 2.14. The summed E-state index contributed by atoms with van der Waals surface area (Å²) < 4.78 is 14.3. The van der Waals surface area contributed by atoms with Gasteiger partial charge in [-0.05, 0) is 62.4 Å². The molecule has 0 spiro atoms. The number of rotatable bonds is 8. The normalized spacial score (nSPS) is 11.1. The van der Waals surface area contributed by atoms with E-state index in [0.717, 1.165) is 43.5 Å². The second-order valence-corrected chi connectivity index (χ2v) is 8.75. The van der Waals surface area contributed by atoms with Crippen molar-refractivity contribution < 1.29 is 14.3 Å². The first-order chi connectivity index (χ1) is 16.7. The molecule has 0 atom stereocenters. The Kier molecular flexibility index (Phi) is 6.18. The monoisotopic (exact) mass is 471 g/mol. The molecule has 6 nitrogen and oxygen atoms in total. The zero-order valence-electron chi connectivity index (χ0n) is 19.1. The number of benzene rings is 3. The Bertz CT molecular complexity index is 1450. The number of carbonyl (C=O) groups excluding carboxylic acids is 1. The van der Waals surface area contributed by atoms with Gasteiger partial charge in [-0.25, -0.2) is 4.98 Å². The highest BCUT2D eigenvalue weighted by Crippen LogP contribution is 2.31. The van der Waals surface area contributed by atoms with Crippen molar-refractivity contribution in [3.63, 3.8) is 0 Å². The minimum absolute atomic E-state index is 0.116. The average molecular weight is 472 g/mol. The van der Waals surface area contributed by atoms with Crippen molar-refractivity contribution in [2.45, 2.75) is 20.4 Å². The van der Waals surface area contributed by atoms with E-state index >= 15 is 0 Å². The molecule has 2 aromatic heterocycles. The fourth-order valence-corrected chi connectivity index (χ4v) is 4.94. The Morgan fingerprint density at radius 2 is 1.79 bits per heavy atom. The fourth-order valence-electron chi connectivity index (χ4n) is 3.89. The number of amides is 1. The number of nitrogens with one attached hydrogen (secondary N) is 1. The van der Waals surface area contributed by atoms with E-state index in [4.69, 9.17) is 14.5 Å². The number of hydrogen-bond donors (Lipinski definition) is 1. The molecule has 3 aromatic carbocycles. The van der Waals surface area contributed by atoms with Gasteiger partial charge >= 0.3 is 0 Å². The molecule has 34 heavy (non-hydrogen) atoms. The van der Waals surface area contributed by atoms with Crippen molar-refractivity contribution in [1.29, 1.82) is 0 Å². The molecule has 7 heteroatoms. The third-order valence-corrected chi connectivity index (χ3v) is 6.55. The van der Waals surface area contributed by atoms with Gasteiger partial charge in [0.1, 0.15) is 11.5 Å². The second-order valence-electron chi connectivity index (χ2n) is 7.74. The summed E-state index contributed by atoms with van der Waals surface area (Å²) in [5, 5.41) is 3.00. The molecule has 0 unspecified atom stereocenters. The van der Waals surface area contributed by atoms with Crippen molar-refractivity contribution in [3.05, 3.63) is 84.1 Å². The third kappa shape index (κ3) is 4.34. The Morgan fingerprint density at radius 3 is 2.59 bits per heavy atom. The largest absolute Gasteiger partial charge is 0.494 e. The van der Waals surface area contributed by atoms with E-state index in [1.807, 2.05) is 86.8 Å². The molecule has 1 N–H and O–H groups in total. The Morgan fingerprint density at radius 1 is 1.00 bits per heavy atom. The number of imidazole rings is 1. The molecule has 0 saturated carbocycles. The zero-order chi connectivity index (χ0) is 23.5. The van der Waals surface area contributed by atoms with Crippen molar-refractivity contribution >= 4 is 32.4 Å². The third-order valence-electron chi connectivity index (χ3n) is 5.53. The van der Waals surface area contributed by atoms with E-state index in [0.29, 0.717) is 25.3 Å². The van der Waals surface area contributed by atoms with E-state index in [1.54, 1.807) is 11.3 Å². The predicted molar refractivity (Wildman–Crippen MR) is 136 cm³/mol. The molecule has 1 amide bonds. The lowest BCUT2D eigenvalue weighted by atomic mass is 10.1. The number of hydrogen-bond acceptors (Lipinski definition) is 5. The molecule has 0 bridgehead atoms. The van der Waals surface area contributed by atoms with Crippen molar-refractivity contribution in [3.8, 4) is 22.8 Å². The van der Waals surface area contributed by atoms with Gasteiger partial charge in [0.05, 0.1) is 29.1 Å². The van der Waals surface area contributed by atoms with Gasteiger partial charge in [-0.1, -0.05) is 29.5 Å². The van der Waals surface area contributed by atoms with E-state index in [-0.39, 0.29) is 5.91 Å². The lowest BCUT2D eigenvalue weighted by molar-refractivity contribution is 0.0951. The molecule has 0 aliphatic carbocycles. The van der Waals surface area contributed by atoms with Crippen LogP contribution >= 0.6 is 11.3 Å². The Balaban J connectivity index is 1.35. The summed E-state index contributed by atoms with van der Waals surface area (Å²) in [6, 6.07) is 21.5. The van der Waals surface area contributed by atoms with Crippen molar-refractivity contribution in [1.82, 2.24) is 14.7 Å². The predicted octanol–water partition coefficient (Wildman–Crippen LogP) is 5.94. The van der Waals surface area contributed by atoms with Crippen LogP contribution in [0.2, 0.25) is 0 Å². The number of ether oxygens (including phenoxy) is 2. The second kappa shape index (κ2) is 9.57. The smallest absolute Gasteiger partial charge is 0.251 e. The minimum atomic E-state index is -0.116. The van der Waals surface area contributed by atoms with Gasteiger partial charge in [-0.15, -0.1) is 0 Å². The Hall–Kier alpha value is -3.84. The van der Waals surface area contributed by atoms with Gasteiger partial charge in [0.15, 0.2) is 4.96 Å². The van der Waals surface area contributed by atoms with Gasteiger partial charge in [0.2, 0.25) is 0 Å². The first-order valence-corrected chi connectivity index (χ1v) is 12.1. The van der Waals surface area contributed by atoms with Crippen LogP contribution in [-0.2, 0) is 6.54 Å². The zero-order valence-corrected chi connectivity index (χ0v) is 19.9. The first-order valence-electron chi connectivity index (χ1n) is 11.3. The standard InChI is InChI=1S/C27H25N3O3S/c1-3-32-21-12-9-18(10-13-21)22-17-30-23-14-11-19(15-25(23)34-27(30)29-22)26(31)28-16-20-7-5-6-8-24(20)33-4-2/h5-15,17H,3-4,16H2,1-2H3,(H,28,31). The summed E-state index contributed by atoms with van der Waals surface area (Å²) in [5.41, 5.74) is 4.55. The molecule has 5 aromatic rings. The fraction of sp³-hybridized carbons (Fsp3) is 0.185. The van der Waals surface area contributed by atoms with Crippen LogP contribution in [0.15, 0.2) is 72.9 Å². The quantitative estimate of drug-likeness (QED) is 0.304. The number of nitrogens with zero attached hydrogens (tertiary/aromatic N) is 2. The number of aromatic nitrogens is 2. The maximum absolute atomic E-state index is 12.8. The summed E-state index contributed by atoms with van der Waals surface area (Å²) in [6.45, 7) is 5.56. The Labute approximate surface area is 201 Å². The highest BCUT2D eigenvalue weighted by molar-refractivity contribution is 7.23. The maximum atomic E-state index is 12.8. The van der Waals surface area contributed by atoms with E-state index in [1.165, 1.54) is 0 Å². The van der Waals surface area contributed by atoms with E-state index in [9.17, 15) is 4.79 Å². The van der Waals surface area contributed by atoms with Crippen LogP contribution in [0.5, 0.6) is 11.5 Å². The molecule has 0 aliphatic rings. The number of thiazole rings is 1. The van der Waals surface area contributed by atoms with E-state index in [2.05, 4.69) is 9.72 Å². The summed E-state index contributed by atoms with van der Waals surface area (Å²) in [6.07, 6.45) is 2.04. The summed E-state index contributed by atoms with van der Waals surface area (Å²) in [5.74, 6) is 1.53. The molecule has 0 fully saturated rings. The lowest BCUT2D eigenvalue weighted by Crippen LogP contribution is -2.23. The van der Waals surface area contributed by atoms with Gasteiger partial charge in [0, 0.05) is 29.4 Å². The molecule has 5 rings (SSSR count). The van der Waals surface area contributed by atoms with Crippen LogP contribution in [0.1, 0.15) is 29.8 Å². The van der Waals surface area contributed by atoms with Crippen molar-refractivity contribution in [2.75, 3.05) is 13.2 Å². The molecule has 0 aliphatic heterocycles. The van der Waals surface area contributed by atoms with Crippen LogP contribution in [-0.4, -0.2) is 28.5 Å². The maximum Gasteiger partial charge on any atom is 0.251 e.